The van der Waals surface area contributed by atoms with Gasteiger partial charge in [0, 0.05) is 5.56 Å². The lowest BCUT2D eigenvalue weighted by atomic mass is 10.1. The fourth-order valence-electron chi connectivity index (χ4n) is 4.07. The molecule has 6 rings (SSSR count). The molecule has 0 N–H and O–H groups in total. The number of ether oxygens (including phenoxy) is 1. The second kappa shape index (κ2) is 8.12. The maximum atomic E-state index is 6.01. The van der Waals surface area contributed by atoms with Crippen LogP contribution in [-0.2, 0) is 6.61 Å². The zero-order valence-corrected chi connectivity index (χ0v) is 18.9. The van der Waals surface area contributed by atoms with E-state index in [9.17, 15) is 0 Å². The first-order chi connectivity index (χ1) is 16.7. The number of nitrogens with zero attached hydrogens (tertiary/aromatic N) is 6. The molecule has 34 heavy (non-hydrogen) atoms. The van der Waals surface area contributed by atoms with E-state index in [-0.39, 0.29) is 0 Å². The highest BCUT2D eigenvalue weighted by Crippen LogP contribution is 2.24. The number of aromatic nitrogens is 6. The lowest BCUT2D eigenvalue weighted by molar-refractivity contribution is 0.304. The maximum absolute atomic E-state index is 6.01. The minimum atomic E-state index is 0.506. The third-order valence-corrected chi connectivity index (χ3v) is 5.84. The Balaban J connectivity index is 1.27. The Bertz CT molecular complexity index is 1620. The Hall–Kier alpha value is -4.52. The van der Waals surface area contributed by atoms with Gasteiger partial charge in [0.15, 0.2) is 17.1 Å². The number of fused-ring (bicyclic) bond motifs is 3. The number of rotatable bonds is 5. The molecule has 6 aromatic rings. The summed E-state index contributed by atoms with van der Waals surface area (Å²) in [4.78, 5) is 9.37. The summed E-state index contributed by atoms with van der Waals surface area (Å²) >= 11 is 0. The minimum Gasteiger partial charge on any atom is -0.489 e. The van der Waals surface area contributed by atoms with Crippen molar-refractivity contribution in [3.05, 3.63) is 102 Å². The van der Waals surface area contributed by atoms with Crippen molar-refractivity contribution >= 4 is 16.7 Å². The van der Waals surface area contributed by atoms with Gasteiger partial charge in [-0.15, -0.1) is 5.10 Å². The fourth-order valence-corrected chi connectivity index (χ4v) is 4.07. The highest BCUT2D eigenvalue weighted by Gasteiger charge is 2.14. The molecule has 0 bridgehead atoms. The summed E-state index contributed by atoms with van der Waals surface area (Å²) in [7, 11) is 0. The first kappa shape index (κ1) is 20.1. The molecule has 0 unspecified atom stereocenters. The van der Waals surface area contributed by atoms with Crippen molar-refractivity contribution in [3.8, 4) is 22.8 Å². The Labute approximate surface area is 196 Å². The van der Waals surface area contributed by atoms with Gasteiger partial charge in [-0.2, -0.15) is 5.10 Å². The molecule has 3 aromatic carbocycles. The van der Waals surface area contributed by atoms with Crippen molar-refractivity contribution in [3.63, 3.8) is 0 Å². The molecule has 0 aliphatic carbocycles. The zero-order chi connectivity index (χ0) is 23.1. The quantitative estimate of drug-likeness (QED) is 0.358. The molecule has 0 radical (unpaired) electrons. The predicted molar refractivity (Wildman–Crippen MR) is 131 cm³/mol. The van der Waals surface area contributed by atoms with Crippen molar-refractivity contribution in [2.24, 2.45) is 0 Å². The third-order valence-electron chi connectivity index (χ3n) is 5.84. The summed E-state index contributed by atoms with van der Waals surface area (Å²) in [5, 5.41) is 10.0. The lowest BCUT2D eigenvalue weighted by Gasteiger charge is -2.10. The van der Waals surface area contributed by atoms with Crippen LogP contribution in [0.2, 0.25) is 0 Å². The summed E-state index contributed by atoms with van der Waals surface area (Å²) in [6.45, 7) is 4.65. The number of hydrogen-bond acceptors (Lipinski definition) is 5. The van der Waals surface area contributed by atoms with Crippen LogP contribution >= 0.6 is 0 Å². The highest BCUT2D eigenvalue weighted by atomic mass is 16.5. The number of hydrogen-bond donors (Lipinski definition) is 0. The van der Waals surface area contributed by atoms with Gasteiger partial charge in [-0.25, -0.2) is 19.2 Å². The van der Waals surface area contributed by atoms with Crippen LogP contribution in [0, 0.1) is 13.8 Å². The average Bonchev–Trinajstić information content (AvgIpc) is 3.49. The van der Waals surface area contributed by atoms with E-state index in [0.717, 1.165) is 44.8 Å². The monoisotopic (exact) mass is 446 g/mol. The smallest absolute Gasteiger partial charge is 0.182 e. The van der Waals surface area contributed by atoms with E-state index in [1.807, 2.05) is 65.3 Å². The maximum Gasteiger partial charge on any atom is 0.182 e. The highest BCUT2D eigenvalue weighted by molar-refractivity contribution is 5.89. The topological polar surface area (TPSA) is 70.1 Å². The Morgan fingerprint density at radius 2 is 1.71 bits per heavy atom. The van der Waals surface area contributed by atoms with Gasteiger partial charge in [0.25, 0.3) is 0 Å². The predicted octanol–water partition coefficient (Wildman–Crippen LogP) is 5.33. The first-order valence-corrected chi connectivity index (χ1v) is 11.1. The standard InChI is InChI=1S/C27H22N6O/c1-18-8-13-24(19(2)14-18)34-16-20-9-11-21(12-10-20)25-30-27-23-15-29-33(22-6-4-3-5-7-22)26(23)28-17-32(27)31-25/h3-15,17H,16H2,1-2H3. The van der Waals surface area contributed by atoms with Gasteiger partial charge in [-0.3, -0.25) is 0 Å². The molecular weight excluding hydrogens is 424 g/mol. The largest absolute Gasteiger partial charge is 0.489 e. The second-order valence-corrected chi connectivity index (χ2v) is 8.33. The molecule has 0 saturated carbocycles. The normalized spacial score (nSPS) is 11.4. The molecular formula is C27H22N6O. The summed E-state index contributed by atoms with van der Waals surface area (Å²) in [6, 6.07) is 24.3. The molecule has 166 valence electrons. The molecule has 0 aliphatic rings. The molecule has 7 nitrogen and oxygen atoms in total. The van der Waals surface area contributed by atoms with E-state index >= 15 is 0 Å². The van der Waals surface area contributed by atoms with E-state index in [2.05, 4.69) is 41.2 Å². The van der Waals surface area contributed by atoms with Crippen LogP contribution in [0.1, 0.15) is 16.7 Å². The summed E-state index contributed by atoms with van der Waals surface area (Å²) in [6.07, 6.45) is 3.47. The molecule has 0 atom stereocenters. The molecule has 0 amide bonds. The van der Waals surface area contributed by atoms with Gasteiger partial charge in [0.1, 0.15) is 18.7 Å². The summed E-state index contributed by atoms with van der Waals surface area (Å²) in [5.74, 6) is 1.55. The van der Waals surface area contributed by atoms with Gasteiger partial charge < -0.3 is 4.74 Å². The number of benzene rings is 3. The Morgan fingerprint density at radius 1 is 0.882 bits per heavy atom. The van der Waals surface area contributed by atoms with E-state index in [4.69, 9.17) is 9.72 Å². The molecule has 3 heterocycles. The van der Waals surface area contributed by atoms with E-state index in [1.54, 1.807) is 17.0 Å². The van der Waals surface area contributed by atoms with Gasteiger partial charge in [0.05, 0.1) is 17.3 Å². The average molecular weight is 447 g/mol. The van der Waals surface area contributed by atoms with E-state index in [1.165, 1.54) is 5.56 Å². The van der Waals surface area contributed by atoms with Gasteiger partial charge in [0.2, 0.25) is 0 Å². The van der Waals surface area contributed by atoms with Crippen LogP contribution in [0.4, 0.5) is 0 Å². The lowest BCUT2D eigenvalue weighted by Crippen LogP contribution is -1.98. The Morgan fingerprint density at radius 3 is 2.50 bits per heavy atom. The van der Waals surface area contributed by atoms with Crippen molar-refractivity contribution in [2.75, 3.05) is 0 Å². The van der Waals surface area contributed by atoms with Gasteiger partial charge in [-0.05, 0) is 43.2 Å². The molecule has 3 aromatic heterocycles. The Kier molecular flexibility index (Phi) is 4.80. The minimum absolute atomic E-state index is 0.506. The van der Waals surface area contributed by atoms with Crippen molar-refractivity contribution < 1.29 is 4.74 Å². The molecule has 0 fully saturated rings. The van der Waals surface area contributed by atoms with Crippen molar-refractivity contribution in [2.45, 2.75) is 20.5 Å². The third kappa shape index (κ3) is 3.57. The van der Waals surface area contributed by atoms with Gasteiger partial charge >= 0.3 is 0 Å². The fraction of sp³-hybridized carbons (Fsp3) is 0.111. The number of aryl methyl sites for hydroxylation is 2. The number of para-hydroxylation sites is 1. The molecule has 0 saturated heterocycles. The molecule has 7 heteroatoms. The van der Waals surface area contributed by atoms with Crippen molar-refractivity contribution in [1.82, 2.24) is 29.4 Å². The van der Waals surface area contributed by atoms with Crippen LogP contribution < -0.4 is 4.74 Å². The SMILES string of the molecule is Cc1ccc(OCc2ccc(-c3nc4c5cnn(-c6ccccc6)c5ncn4n3)cc2)c(C)c1. The van der Waals surface area contributed by atoms with Crippen LogP contribution in [0.5, 0.6) is 5.75 Å². The van der Waals surface area contributed by atoms with E-state index in [0.29, 0.717) is 12.4 Å². The zero-order valence-electron chi connectivity index (χ0n) is 18.9. The second-order valence-electron chi connectivity index (χ2n) is 8.33. The van der Waals surface area contributed by atoms with Crippen LogP contribution in [0.25, 0.3) is 33.8 Å². The molecule has 0 aliphatic heterocycles. The summed E-state index contributed by atoms with van der Waals surface area (Å²) < 4.78 is 9.52. The van der Waals surface area contributed by atoms with Crippen LogP contribution in [0.15, 0.2) is 85.3 Å². The van der Waals surface area contributed by atoms with Gasteiger partial charge in [-0.1, -0.05) is 60.2 Å². The first-order valence-electron chi connectivity index (χ1n) is 11.1. The van der Waals surface area contributed by atoms with Crippen LogP contribution in [-0.4, -0.2) is 29.4 Å². The molecule has 0 spiro atoms. The van der Waals surface area contributed by atoms with Crippen molar-refractivity contribution in [1.29, 1.82) is 0 Å². The van der Waals surface area contributed by atoms with Crippen LogP contribution in [0.3, 0.4) is 0 Å². The summed E-state index contributed by atoms with van der Waals surface area (Å²) in [5.41, 5.74) is 6.81. The van der Waals surface area contributed by atoms with E-state index < -0.39 is 0 Å².